The maximum Gasteiger partial charge on any atom is 0.335 e. The molecule has 2 N–H and O–H groups in total. The first kappa shape index (κ1) is 10.4. The van der Waals surface area contributed by atoms with Gasteiger partial charge in [-0.15, -0.1) is 0 Å². The second-order valence-corrected chi connectivity index (χ2v) is 3.75. The molecule has 3 aromatic rings. The van der Waals surface area contributed by atoms with E-state index in [4.69, 9.17) is 5.11 Å². The summed E-state index contributed by atoms with van der Waals surface area (Å²) in [5, 5.41) is 16.4. The standard InChI is InChI=1S/C12H8N4O2/c17-12(18)7-1-2-9-10(5-7)16-11(15-9)8-3-4-13-14-6-8/h1-6H,(H,15,16)(H,17,18). The number of aromatic nitrogens is 4. The average Bonchev–Trinajstić information content (AvgIpc) is 2.82. The van der Waals surface area contributed by atoms with Crippen LogP contribution in [0.3, 0.4) is 0 Å². The highest BCUT2D eigenvalue weighted by molar-refractivity contribution is 5.92. The summed E-state index contributed by atoms with van der Waals surface area (Å²) in [6, 6.07) is 6.54. The van der Waals surface area contributed by atoms with Crippen LogP contribution in [0, 0.1) is 0 Å². The molecule has 0 saturated heterocycles. The van der Waals surface area contributed by atoms with Crippen molar-refractivity contribution < 1.29 is 9.90 Å². The Morgan fingerprint density at radius 2 is 2.11 bits per heavy atom. The maximum absolute atomic E-state index is 10.9. The number of aromatic amines is 1. The molecule has 0 atom stereocenters. The molecule has 2 aromatic heterocycles. The largest absolute Gasteiger partial charge is 0.478 e. The number of carboxylic acids is 1. The predicted molar refractivity (Wildman–Crippen MR) is 64.1 cm³/mol. The highest BCUT2D eigenvalue weighted by Crippen LogP contribution is 2.20. The van der Waals surface area contributed by atoms with Gasteiger partial charge in [0.05, 0.1) is 29.0 Å². The van der Waals surface area contributed by atoms with Crippen molar-refractivity contribution in [1.29, 1.82) is 0 Å². The molecular weight excluding hydrogens is 232 g/mol. The fraction of sp³-hybridized carbons (Fsp3) is 0. The number of benzene rings is 1. The normalized spacial score (nSPS) is 10.7. The van der Waals surface area contributed by atoms with E-state index in [1.165, 1.54) is 6.07 Å². The van der Waals surface area contributed by atoms with Crippen LogP contribution in [0.1, 0.15) is 10.4 Å². The summed E-state index contributed by atoms with van der Waals surface area (Å²) < 4.78 is 0. The van der Waals surface area contributed by atoms with Crippen molar-refractivity contribution >= 4 is 17.0 Å². The number of H-pyrrole nitrogens is 1. The number of aromatic carboxylic acids is 1. The summed E-state index contributed by atoms with van der Waals surface area (Å²) in [4.78, 5) is 18.3. The summed E-state index contributed by atoms with van der Waals surface area (Å²) in [6.07, 6.45) is 3.17. The van der Waals surface area contributed by atoms with Gasteiger partial charge in [0.25, 0.3) is 0 Å². The number of hydrogen-bond acceptors (Lipinski definition) is 4. The zero-order valence-corrected chi connectivity index (χ0v) is 9.16. The fourth-order valence-electron chi connectivity index (χ4n) is 1.71. The van der Waals surface area contributed by atoms with E-state index in [1.807, 2.05) is 0 Å². The Labute approximate surface area is 101 Å². The second kappa shape index (κ2) is 3.92. The lowest BCUT2D eigenvalue weighted by molar-refractivity contribution is 0.0697. The van der Waals surface area contributed by atoms with Crippen LogP contribution in [0.4, 0.5) is 0 Å². The molecule has 0 aliphatic heterocycles. The molecule has 88 valence electrons. The van der Waals surface area contributed by atoms with Gasteiger partial charge in [-0.25, -0.2) is 9.78 Å². The minimum atomic E-state index is -0.960. The van der Waals surface area contributed by atoms with Gasteiger partial charge in [0.1, 0.15) is 5.82 Å². The van der Waals surface area contributed by atoms with Crippen molar-refractivity contribution in [3.63, 3.8) is 0 Å². The summed E-state index contributed by atoms with van der Waals surface area (Å²) in [6.45, 7) is 0. The smallest absolute Gasteiger partial charge is 0.335 e. The average molecular weight is 240 g/mol. The van der Waals surface area contributed by atoms with E-state index in [0.29, 0.717) is 16.9 Å². The Morgan fingerprint density at radius 1 is 1.22 bits per heavy atom. The Morgan fingerprint density at radius 3 is 2.83 bits per heavy atom. The minimum absolute atomic E-state index is 0.227. The van der Waals surface area contributed by atoms with Crippen molar-refractivity contribution in [2.75, 3.05) is 0 Å². The molecule has 0 saturated carbocycles. The van der Waals surface area contributed by atoms with Gasteiger partial charge >= 0.3 is 5.97 Å². The molecule has 0 aliphatic rings. The third kappa shape index (κ3) is 1.69. The molecule has 6 nitrogen and oxygen atoms in total. The van der Waals surface area contributed by atoms with Crippen LogP contribution >= 0.6 is 0 Å². The van der Waals surface area contributed by atoms with Crippen LogP contribution in [-0.2, 0) is 0 Å². The number of carboxylic acid groups (broad SMARTS) is 1. The monoisotopic (exact) mass is 240 g/mol. The zero-order chi connectivity index (χ0) is 12.5. The number of carbonyl (C=O) groups is 1. The topological polar surface area (TPSA) is 91.8 Å². The van der Waals surface area contributed by atoms with Crippen molar-refractivity contribution in [3.8, 4) is 11.4 Å². The Hall–Kier alpha value is -2.76. The van der Waals surface area contributed by atoms with E-state index < -0.39 is 5.97 Å². The molecule has 2 heterocycles. The van der Waals surface area contributed by atoms with E-state index in [1.54, 1.807) is 30.6 Å². The first-order valence-corrected chi connectivity index (χ1v) is 5.24. The highest BCUT2D eigenvalue weighted by Gasteiger charge is 2.08. The van der Waals surface area contributed by atoms with Gasteiger partial charge in [0.15, 0.2) is 0 Å². The zero-order valence-electron chi connectivity index (χ0n) is 9.16. The van der Waals surface area contributed by atoms with Crippen molar-refractivity contribution in [3.05, 3.63) is 42.2 Å². The number of hydrogen-bond donors (Lipinski definition) is 2. The van der Waals surface area contributed by atoms with Crippen LogP contribution in [0.5, 0.6) is 0 Å². The van der Waals surface area contributed by atoms with Crippen molar-refractivity contribution in [1.82, 2.24) is 20.2 Å². The van der Waals surface area contributed by atoms with Gasteiger partial charge in [-0.2, -0.15) is 10.2 Å². The van der Waals surface area contributed by atoms with Gasteiger partial charge in [-0.3, -0.25) is 0 Å². The van der Waals surface area contributed by atoms with Gasteiger partial charge < -0.3 is 10.1 Å². The van der Waals surface area contributed by atoms with E-state index in [9.17, 15) is 4.79 Å². The maximum atomic E-state index is 10.9. The molecule has 0 aliphatic carbocycles. The molecule has 6 heteroatoms. The third-order valence-electron chi connectivity index (χ3n) is 2.59. The first-order valence-electron chi connectivity index (χ1n) is 5.24. The Kier molecular flexibility index (Phi) is 2.26. The van der Waals surface area contributed by atoms with E-state index in [0.717, 1.165) is 5.56 Å². The number of rotatable bonds is 2. The molecular formula is C12H8N4O2. The van der Waals surface area contributed by atoms with Crippen LogP contribution in [0.2, 0.25) is 0 Å². The van der Waals surface area contributed by atoms with Crippen molar-refractivity contribution in [2.45, 2.75) is 0 Å². The van der Waals surface area contributed by atoms with Crippen LogP contribution < -0.4 is 0 Å². The molecule has 18 heavy (non-hydrogen) atoms. The molecule has 0 bridgehead atoms. The highest BCUT2D eigenvalue weighted by atomic mass is 16.4. The quantitative estimate of drug-likeness (QED) is 0.711. The molecule has 0 amide bonds. The van der Waals surface area contributed by atoms with Gasteiger partial charge in [-0.1, -0.05) is 0 Å². The third-order valence-corrected chi connectivity index (χ3v) is 2.59. The molecule has 1 aromatic carbocycles. The molecule has 0 fully saturated rings. The molecule has 0 radical (unpaired) electrons. The van der Waals surface area contributed by atoms with Crippen LogP contribution in [0.25, 0.3) is 22.4 Å². The van der Waals surface area contributed by atoms with Crippen molar-refractivity contribution in [2.24, 2.45) is 0 Å². The molecule has 0 spiro atoms. The van der Waals surface area contributed by atoms with Gasteiger partial charge in [-0.05, 0) is 24.3 Å². The summed E-state index contributed by atoms with van der Waals surface area (Å²) in [5.41, 5.74) is 2.43. The Bertz CT molecular complexity index is 721. The fourth-order valence-corrected chi connectivity index (χ4v) is 1.71. The van der Waals surface area contributed by atoms with E-state index in [-0.39, 0.29) is 5.56 Å². The second-order valence-electron chi connectivity index (χ2n) is 3.75. The lowest BCUT2D eigenvalue weighted by atomic mass is 10.2. The van der Waals surface area contributed by atoms with E-state index >= 15 is 0 Å². The van der Waals surface area contributed by atoms with E-state index in [2.05, 4.69) is 20.2 Å². The molecule has 3 rings (SSSR count). The van der Waals surface area contributed by atoms with Gasteiger partial charge in [0.2, 0.25) is 0 Å². The Balaban J connectivity index is 2.14. The number of nitrogens with zero attached hydrogens (tertiary/aromatic N) is 3. The SMILES string of the molecule is O=C(O)c1ccc2nc(-c3ccnnc3)[nH]c2c1. The van der Waals surface area contributed by atoms with Crippen LogP contribution in [-0.4, -0.2) is 31.2 Å². The van der Waals surface area contributed by atoms with Gasteiger partial charge in [0, 0.05) is 5.56 Å². The summed E-state index contributed by atoms with van der Waals surface area (Å²) in [7, 11) is 0. The number of nitrogens with one attached hydrogen (secondary N) is 1. The number of fused-ring (bicyclic) bond motifs is 1. The summed E-state index contributed by atoms with van der Waals surface area (Å²) >= 11 is 0. The summed E-state index contributed by atoms with van der Waals surface area (Å²) in [5.74, 6) is -0.318. The first-order chi connectivity index (χ1) is 8.74. The minimum Gasteiger partial charge on any atom is -0.478 e. The predicted octanol–water partition coefficient (Wildman–Crippen LogP) is 1.72. The molecule has 0 unspecified atom stereocenters. The van der Waals surface area contributed by atoms with Crippen LogP contribution in [0.15, 0.2) is 36.7 Å². The lowest BCUT2D eigenvalue weighted by Crippen LogP contribution is -1.94. The lowest BCUT2D eigenvalue weighted by Gasteiger charge is -1.92. The number of imidazole rings is 1.